The van der Waals surface area contributed by atoms with Crippen molar-refractivity contribution < 1.29 is 14.1 Å². The highest BCUT2D eigenvalue weighted by Gasteiger charge is 2.13. The molecule has 0 aliphatic rings. The first-order valence-electron chi connectivity index (χ1n) is 5.95. The Kier molecular flexibility index (Phi) is 3.84. The van der Waals surface area contributed by atoms with Crippen molar-refractivity contribution in [2.24, 2.45) is 5.73 Å². The Bertz CT molecular complexity index is 731. The quantitative estimate of drug-likeness (QED) is 0.390. The zero-order valence-corrected chi connectivity index (χ0v) is 11.1. The monoisotopic (exact) mass is 289 g/mol. The van der Waals surface area contributed by atoms with Crippen LogP contribution in [-0.4, -0.2) is 10.8 Å². The second kappa shape index (κ2) is 5.58. The summed E-state index contributed by atoms with van der Waals surface area (Å²) in [5.41, 5.74) is 6.00. The van der Waals surface area contributed by atoms with Gasteiger partial charge in [0, 0.05) is 12.1 Å². The third-order valence-corrected chi connectivity index (χ3v) is 2.82. The minimum absolute atomic E-state index is 0.0502. The van der Waals surface area contributed by atoms with E-state index in [1.807, 2.05) is 0 Å². The zero-order valence-electron chi connectivity index (χ0n) is 11.1. The average Bonchev–Trinajstić information content (AvgIpc) is 2.42. The molecule has 0 aromatic heterocycles. The number of amidine groups is 1. The average molecular weight is 289 g/mol. The van der Waals surface area contributed by atoms with Gasteiger partial charge < -0.3 is 10.5 Å². The maximum Gasteiger partial charge on any atom is 0.269 e. The molecule has 0 aliphatic carbocycles. The first-order chi connectivity index (χ1) is 9.88. The molecule has 108 valence electrons. The Morgan fingerprint density at radius 3 is 2.52 bits per heavy atom. The van der Waals surface area contributed by atoms with E-state index in [2.05, 4.69) is 0 Å². The summed E-state index contributed by atoms with van der Waals surface area (Å²) < 4.78 is 18.8. The Morgan fingerprint density at radius 1 is 1.29 bits per heavy atom. The van der Waals surface area contributed by atoms with Gasteiger partial charge in [0.05, 0.1) is 10.5 Å². The summed E-state index contributed by atoms with van der Waals surface area (Å²) in [4.78, 5) is 10.2. The van der Waals surface area contributed by atoms with E-state index >= 15 is 0 Å². The molecule has 0 bridgehead atoms. The van der Waals surface area contributed by atoms with E-state index in [-0.39, 0.29) is 22.8 Å². The first-order valence-corrected chi connectivity index (χ1v) is 5.95. The van der Waals surface area contributed by atoms with Crippen molar-refractivity contribution in [3.05, 3.63) is 63.5 Å². The number of halogens is 1. The fraction of sp³-hybridized carbons (Fsp3) is 0.0714. The molecule has 0 amide bonds. The van der Waals surface area contributed by atoms with Gasteiger partial charge in [-0.25, -0.2) is 4.39 Å². The summed E-state index contributed by atoms with van der Waals surface area (Å²) in [7, 11) is 0. The Labute approximate surface area is 119 Å². The van der Waals surface area contributed by atoms with E-state index in [1.165, 1.54) is 30.3 Å². The predicted molar refractivity (Wildman–Crippen MR) is 75.3 cm³/mol. The van der Waals surface area contributed by atoms with Gasteiger partial charge in [-0.1, -0.05) is 0 Å². The van der Waals surface area contributed by atoms with Crippen LogP contribution in [0, 0.1) is 28.3 Å². The van der Waals surface area contributed by atoms with Crippen LogP contribution in [0.3, 0.4) is 0 Å². The number of nitro groups is 1. The second-order valence-electron chi connectivity index (χ2n) is 4.36. The summed E-state index contributed by atoms with van der Waals surface area (Å²) in [5.74, 6) is -0.285. The summed E-state index contributed by atoms with van der Waals surface area (Å²) >= 11 is 0. The van der Waals surface area contributed by atoms with E-state index in [1.54, 1.807) is 6.92 Å². The molecule has 2 aromatic rings. The molecule has 0 unspecified atom stereocenters. The number of nitrogens with zero attached hydrogens (tertiary/aromatic N) is 1. The number of rotatable bonds is 4. The molecular formula is C14H12FN3O3. The lowest BCUT2D eigenvalue weighted by molar-refractivity contribution is -0.384. The Hall–Kier alpha value is -2.96. The maximum atomic E-state index is 13.2. The second-order valence-corrected chi connectivity index (χ2v) is 4.36. The van der Waals surface area contributed by atoms with Gasteiger partial charge in [-0.2, -0.15) is 0 Å². The van der Waals surface area contributed by atoms with Crippen LogP contribution in [0.2, 0.25) is 0 Å². The lowest BCUT2D eigenvalue weighted by Gasteiger charge is -2.12. The van der Waals surface area contributed by atoms with Gasteiger partial charge in [0.15, 0.2) is 0 Å². The minimum Gasteiger partial charge on any atom is -0.456 e. The van der Waals surface area contributed by atoms with Gasteiger partial charge in [-0.3, -0.25) is 15.5 Å². The number of nitrogens with one attached hydrogen (secondary N) is 1. The number of non-ortho nitro benzene ring substituents is 1. The van der Waals surface area contributed by atoms with Gasteiger partial charge in [0.1, 0.15) is 23.2 Å². The summed E-state index contributed by atoms with van der Waals surface area (Å²) in [6.45, 7) is 1.65. The third kappa shape index (κ3) is 3.14. The summed E-state index contributed by atoms with van der Waals surface area (Å²) in [5, 5.41) is 18.1. The number of benzene rings is 2. The number of ether oxygens (including phenoxy) is 1. The van der Waals surface area contributed by atoms with Crippen molar-refractivity contribution in [2.75, 3.05) is 0 Å². The largest absolute Gasteiger partial charge is 0.456 e. The number of nitrogens with two attached hydrogens (primary N) is 1. The van der Waals surface area contributed by atoms with Gasteiger partial charge in [-0.15, -0.1) is 0 Å². The molecule has 7 heteroatoms. The molecule has 0 atom stereocenters. The molecule has 2 aromatic carbocycles. The van der Waals surface area contributed by atoms with Crippen LogP contribution in [0.25, 0.3) is 0 Å². The van der Waals surface area contributed by atoms with Crippen molar-refractivity contribution in [3.63, 3.8) is 0 Å². The van der Waals surface area contributed by atoms with Crippen molar-refractivity contribution in [1.82, 2.24) is 0 Å². The molecule has 0 saturated carbocycles. The fourth-order valence-electron chi connectivity index (χ4n) is 1.78. The third-order valence-electron chi connectivity index (χ3n) is 2.82. The van der Waals surface area contributed by atoms with Crippen molar-refractivity contribution in [2.45, 2.75) is 6.92 Å². The van der Waals surface area contributed by atoms with E-state index in [4.69, 9.17) is 15.9 Å². The molecule has 0 heterocycles. The number of hydrogen-bond acceptors (Lipinski definition) is 4. The fourth-order valence-corrected chi connectivity index (χ4v) is 1.78. The molecule has 6 nitrogen and oxygen atoms in total. The lowest BCUT2D eigenvalue weighted by Crippen LogP contribution is -2.12. The lowest BCUT2D eigenvalue weighted by atomic mass is 10.1. The Morgan fingerprint density at radius 2 is 1.95 bits per heavy atom. The van der Waals surface area contributed by atoms with Gasteiger partial charge in [0.2, 0.25) is 0 Å². The predicted octanol–water partition coefficient (Wildman–Crippen LogP) is 3.12. The van der Waals surface area contributed by atoms with Crippen LogP contribution in [0.5, 0.6) is 11.5 Å². The van der Waals surface area contributed by atoms with Crippen LogP contribution < -0.4 is 10.5 Å². The van der Waals surface area contributed by atoms with Crippen molar-refractivity contribution in [3.8, 4) is 11.5 Å². The van der Waals surface area contributed by atoms with Crippen LogP contribution in [0.4, 0.5) is 10.1 Å². The highest BCUT2D eigenvalue weighted by Crippen LogP contribution is 2.30. The van der Waals surface area contributed by atoms with E-state index in [9.17, 15) is 14.5 Å². The summed E-state index contributed by atoms with van der Waals surface area (Å²) in [6, 6.07) is 7.75. The van der Waals surface area contributed by atoms with Crippen molar-refractivity contribution >= 4 is 11.5 Å². The first kappa shape index (κ1) is 14.4. The van der Waals surface area contributed by atoms with Crippen LogP contribution >= 0.6 is 0 Å². The van der Waals surface area contributed by atoms with Crippen molar-refractivity contribution in [1.29, 1.82) is 5.41 Å². The van der Waals surface area contributed by atoms with E-state index in [0.29, 0.717) is 11.3 Å². The highest BCUT2D eigenvalue weighted by atomic mass is 19.1. The normalized spacial score (nSPS) is 10.2. The van der Waals surface area contributed by atoms with Crippen LogP contribution in [0.15, 0.2) is 36.4 Å². The van der Waals surface area contributed by atoms with Gasteiger partial charge in [0.25, 0.3) is 5.69 Å². The molecule has 0 aliphatic heterocycles. The number of nitro benzene ring substituents is 1. The molecular weight excluding hydrogens is 277 g/mol. The van der Waals surface area contributed by atoms with Gasteiger partial charge in [-0.05, 0) is 36.8 Å². The minimum atomic E-state index is -0.534. The Balaban J connectivity index is 2.39. The number of aryl methyl sites for hydroxylation is 1. The molecule has 0 spiro atoms. The molecule has 0 fully saturated rings. The molecule has 2 rings (SSSR count). The van der Waals surface area contributed by atoms with Crippen LogP contribution in [-0.2, 0) is 0 Å². The SMILES string of the molecule is Cc1cc([N+](=O)[O-])ccc1Oc1ccc(F)cc1C(=N)N. The molecule has 3 N–H and O–H groups in total. The van der Waals surface area contributed by atoms with Gasteiger partial charge >= 0.3 is 0 Å². The summed E-state index contributed by atoms with van der Waals surface area (Å²) in [6.07, 6.45) is 0. The number of nitrogen functional groups attached to an aromatic ring is 1. The van der Waals surface area contributed by atoms with E-state index in [0.717, 1.165) is 6.07 Å². The molecule has 21 heavy (non-hydrogen) atoms. The molecule has 0 radical (unpaired) electrons. The maximum absolute atomic E-state index is 13.2. The van der Waals surface area contributed by atoms with Crippen LogP contribution in [0.1, 0.15) is 11.1 Å². The highest BCUT2D eigenvalue weighted by molar-refractivity contribution is 5.97. The molecule has 0 saturated heterocycles. The standard InChI is InChI=1S/C14H12FN3O3/c1-8-6-10(18(19)20)3-5-12(8)21-13-4-2-9(15)7-11(13)14(16)17/h2-7H,1H3,(H3,16,17). The zero-order chi connectivity index (χ0) is 15.6. The smallest absolute Gasteiger partial charge is 0.269 e. The number of hydrogen-bond donors (Lipinski definition) is 2. The van der Waals surface area contributed by atoms with E-state index < -0.39 is 10.7 Å². The topological polar surface area (TPSA) is 102 Å².